The fraction of sp³-hybridized carbons (Fsp3) is 0.750. The van der Waals surface area contributed by atoms with E-state index in [2.05, 4.69) is 10.3 Å². The number of aliphatic carboxylic acids is 1. The van der Waals surface area contributed by atoms with Gasteiger partial charge in [-0.3, -0.25) is 0 Å². The molecular formula is C4H8NO6P-2. The summed E-state index contributed by atoms with van der Waals surface area (Å²) in [5.74, 6) is -1.57. The molecule has 72 valence electrons. The average molecular weight is 197 g/mol. The Morgan fingerprint density at radius 1 is 1.58 bits per heavy atom. The standard InChI is InChI=1S/C4H10NO6P/c1-2(3(5)4(6)7)11-12(8,9)10/h2-3H,5H2,1H3,(H,6,7)(H2,8,9,10)/p-2/t2-,3-/m1/s1. The minimum atomic E-state index is -5.15. The molecule has 0 saturated heterocycles. The van der Waals surface area contributed by atoms with Crippen molar-refractivity contribution in [1.29, 1.82) is 0 Å². The Hall–Kier alpha value is -0.460. The van der Waals surface area contributed by atoms with E-state index in [9.17, 15) is 24.3 Å². The van der Waals surface area contributed by atoms with Crippen molar-refractivity contribution in [2.45, 2.75) is 19.1 Å². The third-order valence-electron chi connectivity index (χ3n) is 1.16. The Bertz CT molecular complexity index is 212. The molecule has 0 amide bonds. The van der Waals surface area contributed by atoms with Crippen LogP contribution in [0.1, 0.15) is 6.92 Å². The van der Waals surface area contributed by atoms with Gasteiger partial charge in [-0.1, -0.05) is 0 Å². The first-order valence-corrected chi connectivity index (χ1v) is 4.44. The minimum Gasteiger partial charge on any atom is -0.790 e. The number of hydrogen-bond donors (Lipinski definition) is 1. The maximum absolute atomic E-state index is 10.1. The third kappa shape index (κ3) is 4.42. The van der Waals surface area contributed by atoms with Gasteiger partial charge in [0.05, 0.1) is 7.82 Å². The lowest BCUT2D eigenvalue weighted by Crippen LogP contribution is -2.73. The Morgan fingerprint density at radius 2 is 2.00 bits per heavy atom. The summed E-state index contributed by atoms with van der Waals surface area (Å²) in [6, 6.07) is -1.39. The number of phosphoric acid groups is 1. The SMILES string of the molecule is C[C@@H](OP(=O)([O-])[O-])[C@@H]([NH3+])C(=O)[O-]. The lowest BCUT2D eigenvalue weighted by molar-refractivity contribution is -0.452. The van der Waals surface area contributed by atoms with E-state index in [0.29, 0.717) is 0 Å². The van der Waals surface area contributed by atoms with Gasteiger partial charge in [0.25, 0.3) is 0 Å². The molecule has 0 saturated carbocycles. The molecule has 0 aromatic rings. The molecule has 0 spiro atoms. The van der Waals surface area contributed by atoms with E-state index in [0.717, 1.165) is 6.92 Å². The van der Waals surface area contributed by atoms with E-state index in [1.165, 1.54) is 0 Å². The molecule has 0 radical (unpaired) electrons. The molecule has 0 aromatic heterocycles. The molecule has 7 nitrogen and oxygen atoms in total. The molecule has 3 N–H and O–H groups in total. The molecular weight excluding hydrogens is 189 g/mol. The van der Waals surface area contributed by atoms with E-state index in [4.69, 9.17) is 0 Å². The normalized spacial score (nSPS) is 17.0. The molecule has 12 heavy (non-hydrogen) atoms. The third-order valence-corrected chi connectivity index (χ3v) is 1.76. The van der Waals surface area contributed by atoms with Gasteiger partial charge in [0.15, 0.2) is 6.04 Å². The topological polar surface area (TPSA) is 140 Å². The Labute approximate surface area is 68.4 Å². The van der Waals surface area contributed by atoms with Crippen LogP contribution in [0.15, 0.2) is 0 Å². The zero-order chi connectivity index (χ0) is 9.94. The van der Waals surface area contributed by atoms with Crippen molar-refractivity contribution in [2.24, 2.45) is 0 Å². The summed E-state index contributed by atoms with van der Waals surface area (Å²) in [4.78, 5) is 30.0. The zero-order valence-electron chi connectivity index (χ0n) is 6.26. The van der Waals surface area contributed by atoms with Gasteiger partial charge in [0, 0.05) is 0 Å². The largest absolute Gasteiger partial charge is 0.790 e. The number of rotatable bonds is 4. The zero-order valence-corrected chi connectivity index (χ0v) is 7.15. The molecule has 0 heterocycles. The molecule has 0 aliphatic heterocycles. The molecule has 2 atom stereocenters. The fourth-order valence-electron chi connectivity index (χ4n) is 0.469. The van der Waals surface area contributed by atoms with Gasteiger partial charge in [-0.25, -0.2) is 0 Å². The van der Waals surface area contributed by atoms with Crippen molar-refractivity contribution in [1.82, 2.24) is 0 Å². The second-order valence-electron chi connectivity index (χ2n) is 2.18. The summed E-state index contributed by atoms with van der Waals surface area (Å²) < 4.78 is 13.8. The van der Waals surface area contributed by atoms with Crippen LogP contribution in [0.2, 0.25) is 0 Å². The van der Waals surface area contributed by atoms with Gasteiger partial charge in [0.1, 0.15) is 12.1 Å². The monoisotopic (exact) mass is 197 g/mol. The van der Waals surface area contributed by atoms with Crippen LogP contribution in [-0.4, -0.2) is 18.1 Å². The second kappa shape index (κ2) is 3.97. The fourth-order valence-corrected chi connectivity index (χ4v) is 1.02. The van der Waals surface area contributed by atoms with Gasteiger partial charge in [-0.2, -0.15) is 0 Å². The average Bonchev–Trinajstić information content (AvgIpc) is 1.82. The number of carbonyl (C=O) groups excluding carboxylic acids is 1. The summed E-state index contributed by atoms with van der Waals surface area (Å²) in [5, 5.41) is 10.1. The summed E-state index contributed by atoms with van der Waals surface area (Å²) >= 11 is 0. The van der Waals surface area contributed by atoms with Crippen molar-refractivity contribution < 1.29 is 34.5 Å². The molecule has 0 fully saturated rings. The van der Waals surface area contributed by atoms with Crippen LogP contribution in [0, 0.1) is 0 Å². The maximum atomic E-state index is 10.1. The molecule has 0 aromatic carbocycles. The van der Waals surface area contributed by atoms with Crippen LogP contribution in [0.25, 0.3) is 0 Å². The highest BCUT2D eigenvalue weighted by Crippen LogP contribution is 2.27. The number of carbonyl (C=O) groups is 1. The Kier molecular flexibility index (Phi) is 3.82. The lowest BCUT2D eigenvalue weighted by atomic mass is 10.2. The van der Waals surface area contributed by atoms with Crippen molar-refractivity contribution in [2.75, 3.05) is 0 Å². The highest BCUT2D eigenvalue weighted by Gasteiger charge is 2.18. The highest BCUT2D eigenvalue weighted by molar-refractivity contribution is 7.43. The molecule has 8 heteroatoms. The van der Waals surface area contributed by atoms with Gasteiger partial charge < -0.3 is 34.5 Å². The molecule has 0 aliphatic rings. The lowest BCUT2D eigenvalue weighted by Gasteiger charge is -2.33. The minimum absolute atomic E-state index is 1.11. The summed E-state index contributed by atoms with van der Waals surface area (Å²) in [5.41, 5.74) is 3.04. The first-order chi connectivity index (χ1) is 5.24. The van der Waals surface area contributed by atoms with Crippen molar-refractivity contribution in [3.63, 3.8) is 0 Å². The highest BCUT2D eigenvalue weighted by atomic mass is 31.2. The quantitative estimate of drug-likeness (QED) is 0.451. The number of phosphoric ester groups is 1. The van der Waals surface area contributed by atoms with Crippen LogP contribution in [0.5, 0.6) is 0 Å². The van der Waals surface area contributed by atoms with Gasteiger partial charge in [-0.15, -0.1) is 0 Å². The molecule has 0 unspecified atom stereocenters. The van der Waals surface area contributed by atoms with E-state index < -0.39 is 25.9 Å². The van der Waals surface area contributed by atoms with Crippen molar-refractivity contribution in [3.8, 4) is 0 Å². The van der Waals surface area contributed by atoms with Crippen LogP contribution in [0.4, 0.5) is 0 Å². The predicted octanol–water partition coefficient (Wildman–Crippen LogP) is -4.42. The van der Waals surface area contributed by atoms with Crippen molar-refractivity contribution in [3.05, 3.63) is 0 Å². The molecule has 0 rings (SSSR count). The van der Waals surface area contributed by atoms with Gasteiger partial charge in [-0.05, 0) is 6.92 Å². The van der Waals surface area contributed by atoms with Gasteiger partial charge >= 0.3 is 0 Å². The van der Waals surface area contributed by atoms with E-state index in [1.807, 2.05) is 0 Å². The second-order valence-corrected chi connectivity index (χ2v) is 3.29. The van der Waals surface area contributed by atoms with Crippen LogP contribution < -0.4 is 20.6 Å². The Balaban J connectivity index is 4.13. The van der Waals surface area contributed by atoms with Crippen LogP contribution in [-0.2, 0) is 13.9 Å². The van der Waals surface area contributed by atoms with Crippen LogP contribution >= 0.6 is 7.82 Å². The summed E-state index contributed by atoms with van der Waals surface area (Å²) in [6.07, 6.45) is -1.31. The maximum Gasteiger partial charge on any atom is 0.151 e. The number of carboxylic acids is 1. The van der Waals surface area contributed by atoms with Crippen LogP contribution in [0.3, 0.4) is 0 Å². The molecule has 0 bridgehead atoms. The summed E-state index contributed by atoms with van der Waals surface area (Å²) in [6.45, 7) is 1.11. The van der Waals surface area contributed by atoms with Crippen molar-refractivity contribution >= 4 is 13.8 Å². The van der Waals surface area contributed by atoms with Gasteiger partial charge in [0.2, 0.25) is 0 Å². The first kappa shape index (κ1) is 11.5. The predicted molar refractivity (Wildman–Crippen MR) is 29.8 cm³/mol. The number of quaternary nitrogens is 1. The van der Waals surface area contributed by atoms with E-state index >= 15 is 0 Å². The van der Waals surface area contributed by atoms with E-state index in [1.54, 1.807) is 0 Å². The Morgan fingerprint density at radius 3 is 2.25 bits per heavy atom. The first-order valence-electron chi connectivity index (χ1n) is 2.98. The summed E-state index contributed by atoms with van der Waals surface area (Å²) in [7, 11) is -5.15. The smallest absolute Gasteiger partial charge is 0.151 e. The molecule has 0 aliphatic carbocycles. The number of carboxylic acid groups (broad SMARTS) is 1. The number of hydrogen-bond acceptors (Lipinski definition) is 6. The van der Waals surface area contributed by atoms with E-state index in [-0.39, 0.29) is 0 Å².